The summed E-state index contributed by atoms with van der Waals surface area (Å²) in [7, 11) is 0. The third-order valence-electron chi connectivity index (χ3n) is 3.20. The lowest BCUT2D eigenvalue weighted by atomic mass is 10.1. The van der Waals surface area contributed by atoms with Crippen molar-refractivity contribution in [2.45, 2.75) is 0 Å². The largest absolute Gasteiger partial charge is 0.361 e. The number of aromatic amines is 1. The van der Waals surface area contributed by atoms with Crippen molar-refractivity contribution in [2.24, 2.45) is 0 Å². The van der Waals surface area contributed by atoms with Crippen molar-refractivity contribution in [1.29, 1.82) is 0 Å². The standard InChI is InChI=1S/C14H10N2/c1-2-8-16-9-12-11(13(16)3-1)5-4-10-6-7-15-14(10)12/h1-9,15H. The Labute approximate surface area is 92.1 Å². The minimum Gasteiger partial charge on any atom is -0.361 e. The number of benzene rings is 1. The van der Waals surface area contributed by atoms with Crippen molar-refractivity contribution in [3.05, 3.63) is 55.0 Å². The molecule has 1 N–H and O–H groups in total. The molecule has 0 aliphatic carbocycles. The normalized spacial score (nSPS) is 11.8. The molecule has 0 aliphatic rings. The van der Waals surface area contributed by atoms with Crippen LogP contribution in [0.5, 0.6) is 0 Å². The van der Waals surface area contributed by atoms with Gasteiger partial charge in [0.1, 0.15) is 0 Å². The van der Waals surface area contributed by atoms with Crippen LogP contribution in [0.25, 0.3) is 27.2 Å². The van der Waals surface area contributed by atoms with Crippen molar-refractivity contribution in [3.63, 3.8) is 0 Å². The Hall–Kier alpha value is -2.22. The number of nitrogens with zero attached hydrogens (tertiary/aromatic N) is 1. The van der Waals surface area contributed by atoms with Crippen LogP contribution in [0.1, 0.15) is 0 Å². The molecule has 3 heterocycles. The third-order valence-corrected chi connectivity index (χ3v) is 3.20. The molecule has 0 aliphatic heterocycles. The van der Waals surface area contributed by atoms with E-state index in [4.69, 9.17) is 0 Å². The molecule has 0 saturated carbocycles. The molecule has 0 saturated heterocycles. The number of rotatable bonds is 0. The summed E-state index contributed by atoms with van der Waals surface area (Å²) in [5.41, 5.74) is 2.48. The van der Waals surface area contributed by atoms with Crippen LogP contribution in [0.4, 0.5) is 0 Å². The molecule has 0 bridgehead atoms. The molecule has 0 unspecified atom stereocenters. The zero-order valence-corrected chi connectivity index (χ0v) is 8.64. The highest BCUT2D eigenvalue weighted by Gasteiger charge is 2.06. The van der Waals surface area contributed by atoms with Gasteiger partial charge in [-0.3, -0.25) is 0 Å². The van der Waals surface area contributed by atoms with Gasteiger partial charge >= 0.3 is 0 Å². The quantitative estimate of drug-likeness (QED) is 0.454. The molecule has 0 radical (unpaired) electrons. The predicted octanol–water partition coefficient (Wildman–Crippen LogP) is 3.57. The van der Waals surface area contributed by atoms with Gasteiger partial charge in [-0.15, -0.1) is 0 Å². The Balaban J connectivity index is 2.38. The van der Waals surface area contributed by atoms with Gasteiger partial charge in [-0.05, 0) is 18.2 Å². The van der Waals surface area contributed by atoms with E-state index in [-0.39, 0.29) is 0 Å². The van der Waals surface area contributed by atoms with E-state index in [0.29, 0.717) is 0 Å². The molecule has 1 aromatic carbocycles. The maximum Gasteiger partial charge on any atom is 0.0549 e. The van der Waals surface area contributed by atoms with E-state index in [9.17, 15) is 0 Å². The van der Waals surface area contributed by atoms with Crippen LogP contribution in [0.15, 0.2) is 55.0 Å². The van der Waals surface area contributed by atoms with Crippen molar-refractivity contribution in [3.8, 4) is 0 Å². The molecular formula is C14H10N2. The van der Waals surface area contributed by atoms with Crippen molar-refractivity contribution in [1.82, 2.24) is 9.38 Å². The van der Waals surface area contributed by atoms with Gasteiger partial charge in [-0.1, -0.05) is 18.2 Å². The molecule has 2 heteroatoms. The Morgan fingerprint density at radius 2 is 1.94 bits per heavy atom. The fraction of sp³-hybridized carbons (Fsp3) is 0. The highest BCUT2D eigenvalue weighted by molar-refractivity contribution is 6.11. The second-order valence-corrected chi connectivity index (χ2v) is 4.09. The molecule has 0 atom stereocenters. The summed E-state index contributed by atoms with van der Waals surface area (Å²) in [6.07, 6.45) is 6.26. The highest BCUT2D eigenvalue weighted by Crippen LogP contribution is 2.28. The summed E-state index contributed by atoms with van der Waals surface area (Å²) in [4.78, 5) is 3.31. The molecule has 3 aromatic heterocycles. The van der Waals surface area contributed by atoms with Crippen LogP contribution in [-0.4, -0.2) is 9.38 Å². The molecule has 0 fully saturated rings. The Morgan fingerprint density at radius 1 is 0.938 bits per heavy atom. The van der Waals surface area contributed by atoms with Crippen LogP contribution < -0.4 is 0 Å². The summed E-state index contributed by atoms with van der Waals surface area (Å²) < 4.78 is 2.17. The minimum atomic E-state index is 1.22. The van der Waals surface area contributed by atoms with Crippen LogP contribution in [-0.2, 0) is 0 Å². The average molecular weight is 206 g/mol. The van der Waals surface area contributed by atoms with Gasteiger partial charge in [0.05, 0.1) is 11.0 Å². The number of nitrogens with one attached hydrogen (secondary N) is 1. The first-order valence-corrected chi connectivity index (χ1v) is 5.39. The molecule has 4 rings (SSSR count). The number of H-pyrrole nitrogens is 1. The van der Waals surface area contributed by atoms with Gasteiger partial charge in [-0.25, -0.2) is 0 Å². The number of hydrogen-bond donors (Lipinski definition) is 1. The summed E-state index contributed by atoms with van der Waals surface area (Å²) >= 11 is 0. The van der Waals surface area contributed by atoms with Gasteiger partial charge in [0.15, 0.2) is 0 Å². The lowest BCUT2D eigenvalue weighted by Gasteiger charge is -1.93. The second kappa shape index (κ2) is 2.67. The van der Waals surface area contributed by atoms with Crippen LogP contribution in [0.2, 0.25) is 0 Å². The topological polar surface area (TPSA) is 20.2 Å². The monoisotopic (exact) mass is 206 g/mol. The summed E-state index contributed by atoms with van der Waals surface area (Å²) in [6, 6.07) is 12.8. The lowest BCUT2D eigenvalue weighted by Crippen LogP contribution is -1.76. The van der Waals surface area contributed by atoms with Gasteiger partial charge in [0.25, 0.3) is 0 Å². The first-order chi connectivity index (χ1) is 7.93. The molecule has 4 aromatic rings. The van der Waals surface area contributed by atoms with Gasteiger partial charge in [0.2, 0.25) is 0 Å². The first-order valence-electron chi connectivity index (χ1n) is 5.39. The lowest BCUT2D eigenvalue weighted by molar-refractivity contribution is 1.21. The number of pyridine rings is 1. The van der Waals surface area contributed by atoms with E-state index in [1.165, 1.54) is 27.2 Å². The summed E-state index contributed by atoms with van der Waals surface area (Å²) in [5, 5.41) is 3.85. The Morgan fingerprint density at radius 3 is 2.94 bits per heavy atom. The van der Waals surface area contributed by atoms with E-state index in [1.54, 1.807) is 0 Å². The van der Waals surface area contributed by atoms with Crippen LogP contribution >= 0.6 is 0 Å². The predicted molar refractivity (Wildman–Crippen MR) is 66.8 cm³/mol. The Kier molecular flexibility index (Phi) is 1.33. The number of fused-ring (bicyclic) bond motifs is 5. The van der Waals surface area contributed by atoms with E-state index in [0.717, 1.165) is 0 Å². The molecular weight excluding hydrogens is 196 g/mol. The average Bonchev–Trinajstić information content (AvgIpc) is 2.92. The van der Waals surface area contributed by atoms with Gasteiger partial charge < -0.3 is 9.38 Å². The zero-order valence-electron chi connectivity index (χ0n) is 8.64. The SMILES string of the molecule is c1ccn2cc3c(ccc4cc[nH]c43)c2c1. The van der Waals surface area contributed by atoms with E-state index < -0.39 is 0 Å². The van der Waals surface area contributed by atoms with Crippen molar-refractivity contribution >= 4 is 27.2 Å². The van der Waals surface area contributed by atoms with Crippen molar-refractivity contribution in [2.75, 3.05) is 0 Å². The first kappa shape index (κ1) is 7.99. The van der Waals surface area contributed by atoms with E-state index >= 15 is 0 Å². The molecule has 76 valence electrons. The van der Waals surface area contributed by atoms with Crippen molar-refractivity contribution < 1.29 is 0 Å². The molecule has 16 heavy (non-hydrogen) atoms. The molecule has 0 spiro atoms. The fourth-order valence-corrected chi connectivity index (χ4v) is 2.44. The zero-order chi connectivity index (χ0) is 10.5. The summed E-state index contributed by atoms with van der Waals surface area (Å²) in [6.45, 7) is 0. The molecule has 2 nitrogen and oxygen atoms in total. The number of hydrogen-bond acceptors (Lipinski definition) is 0. The fourth-order valence-electron chi connectivity index (χ4n) is 2.44. The number of aromatic nitrogens is 2. The second-order valence-electron chi connectivity index (χ2n) is 4.09. The molecule has 0 amide bonds. The van der Waals surface area contributed by atoms with Crippen LogP contribution in [0.3, 0.4) is 0 Å². The minimum absolute atomic E-state index is 1.22. The highest BCUT2D eigenvalue weighted by atomic mass is 14.9. The van der Waals surface area contributed by atoms with E-state index in [1.807, 2.05) is 6.20 Å². The maximum absolute atomic E-state index is 3.31. The van der Waals surface area contributed by atoms with E-state index in [2.05, 4.69) is 58.2 Å². The maximum atomic E-state index is 3.31. The van der Waals surface area contributed by atoms with Gasteiger partial charge in [0, 0.05) is 34.7 Å². The van der Waals surface area contributed by atoms with Gasteiger partial charge in [-0.2, -0.15) is 0 Å². The Bertz CT molecular complexity index is 805. The van der Waals surface area contributed by atoms with Crippen LogP contribution in [0, 0.1) is 0 Å². The third kappa shape index (κ3) is 0.865. The smallest absolute Gasteiger partial charge is 0.0549 e. The summed E-state index contributed by atoms with van der Waals surface area (Å²) in [5.74, 6) is 0.